The maximum Gasteiger partial charge on any atom is 0.164 e. The fourth-order valence-electron chi connectivity index (χ4n) is 4.65. The van der Waals surface area contributed by atoms with E-state index in [1.165, 1.54) is 38.5 Å². The summed E-state index contributed by atoms with van der Waals surface area (Å²) in [5, 5.41) is 0.236. The first kappa shape index (κ1) is 16.8. The summed E-state index contributed by atoms with van der Waals surface area (Å²) in [6, 6.07) is 3.57. The minimum absolute atomic E-state index is 0.145. The Bertz CT molecular complexity index is 555. The lowest BCUT2D eigenvalue weighted by Crippen LogP contribution is -2.25. The van der Waals surface area contributed by atoms with Gasteiger partial charge in [-0.15, -0.1) is 6.58 Å². The van der Waals surface area contributed by atoms with E-state index >= 15 is 0 Å². The van der Waals surface area contributed by atoms with Crippen LogP contribution in [0.25, 0.3) is 0 Å². The summed E-state index contributed by atoms with van der Waals surface area (Å²) in [7, 11) is 0. The third-order valence-corrected chi connectivity index (χ3v) is 6.55. The average molecular weight is 336 g/mol. The van der Waals surface area contributed by atoms with Crippen LogP contribution < -0.4 is 5.73 Å². The van der Waals surface area contributed by atoms with Gasteiger partial charge in [0.25, 0.3) is 0 Å². The van der Waals surface area contributed by atoms with Crippen LogP contribution in [0, 0.1) is 23.6 Å². The molecule has 1 aromatic carbocycles. The first-order chi connectivity index (χ1) is 11.1. The van der Waals surface area contributed by atoms with Gasteiger partial charge in [-0.05, 0) is 86.7 Å². The molecule has 2 saturated carbocycles. The molecule has 2 aliphatic carbocycles. The molecule has 1 aromatic rings. The summed E-state index contributed by atoms with van der Waals surface area (Å²) < 4.78 is 13.9. The van der Waals surface area contributed by atoms with Gasteiger partial charge in [-0.3, -0.25) is 0 Å². The Morgan fingerprint density at radius 1 is 1.00 bits per heavy atom. The molecule has 2 aliphatic rings. The van der Waals surface area contributed by atoms with Crippen LogP contribution in [-0.2, 0) is 0 Å². The van der Waals surface area contributed by atoms with Gasteiger partial charge in [0.2, 0.25) is 0 Å². The van der Waals surface area contributed by atoms with Gasteiger partial charge in [-0.25, -0.2) is 4.39 Å². The van der Waals surface area contributed by atoms with Crippen LogP contribution in [0.2, 0.25) is 5.02 Å². The summed E-state index contributed by atoms with van der Waals surface area (Å²) in [5.41, 5.74) is 6.69. The molecule has 3 rings (SSSR count). The van der Waals surface area contributed by atoms with Crippen molar-refractivity contribution in [2.45, 2.75) is 57.3 Å². The van der Waals surface area contributed by atoms with Crippen LogP contribution in [0.1, 0.15) is 62.8 Å². The molecule has 0 atom stereocenters. The molecule has 2 fully saturated rings. The van der Waals surface area contributed by atoms with E-state index in [1.807, 2.05) is 6.07 Å². The summed E-state index contributed by atoms with van der Waals surface area (Å²) in [5.74, 6) is 2.40. The Morgan fingerprint density at radius 3 is 2.13 bits per heavy atom. The zero-order valence-corrected chi connectivity index (χ0v) is 14.5. The first-order valence-electron chi connectivity index (χ1n) is 8.96. The molecule has 126 valence electrons. The van der Waals surface area contributed by atoms with Crippen molar-refractivity contribution in [2.24, 2.45) is 17.8 Å². The number of anilines is 1. The van der Waals surface area contributed by atoms with Crippen LogP contribution in [-0.4, -0.2) is 0 Å². The van der Waals surface area contributed by atoms with Crippen LogP contribution in [0.15, 0.2) is 24.8 Å². The highest BCUT2D eigenvalue weighted by molar-refractivity contribution is 6.31. The highest BCUT2D eigenvalue weighted by Crippen LogP contribution is 2.45. The number of hydrogen-bond donors (Lipinski definition) is 1. The largest absolute Gasteiger partial charge is 0.396 e. The molecule has 0 unspecified atom stereocenters. The number of nitrogens with two attached hydrogens (primary N) is 1. The standard InChI is InChI=1S/C20H27ClFN/c1-2-13-3-5-14(6-4-13)15-7-9-16(10-8-15)17-11-12-18(23)20(22)19(17)21/h2,11-16H,1,3-10,23H2. The van der Waals surface area contributed by atoms with Crippen LogP contribution >= 0.6 is 11.6 Å². The normalized spacial score (nSPS) is 31.7. The molecule has 0 aromatic heterocycles. The topological polar surface area (TPSA) is 26.0 Å². The number of halogens is 2. The lowest BCUT2D eigenvalue weighted by Gasteiger charge is -2.37. The molecule has 23 heavy (non-hydrogen) atoms. The van der Waals surface area contributed by atoms with Crippen molar-refractivity contribution in [2.75, 3.05) is 5.73 Å². The van der Waals surface area contributed by atoms with Gasteiger partial charge in [-0.1, -0.05) is 23.7 Å². The molecule has 0 amide bonds. The molecular formula is C20H27ClFN. The first-order valence-corrected chi connectivity index (χ1v) is 9.33. The highest BCUT2D eigenvalue weighted by Gasteiger charge is 2.31. The average Bonchev–Trinajstić information content (AvgIpc) is 2.60. The van der Waals surface area contributed by atoms with Crippen molar-refractivity contribution < 1.29 is 4.39 Å². The molecular weight excluding hydrogens is 309 g/mol. The number of allylic oxidation sites excluding steroid dienone is 1. The molecule has 0 saturated heterocycles. The Labute approximate surface area is 144 Å². The van der Waals surface area contributed by atoms with Gasteiger partial charge in [0.05, 0.1) is 10.7 Å². The summed E-state index contributed by atoms with van der Waals surface area (Å²) in [4.78, 5) is 0. The van der Waals surface area contributed by atoms with Crippen molar-refractivity contribution in [3.8, 4) is 0 Å². The minimum atomic E-state index is -0.450. The molecule has 0 heterocycles. The minimum Gasteiger partial charge on any atom is -0.396 e. The smallest absolute Gasteiger partial charge is 0.164 e. The molecule has 0 radical (unpaired) electrons. The van der Waals surface area contributed by atoms with E-state index in [4.69, 9.17) is 17.3 Å². The van der Waals surface area contributed by atoms with E-state index in [-0.39, 0.29) is 10.7 Å². The molecule has 0 spiro atoms. The third-order valence-electron chi connectivity index (χ3n) is 6.17. The molecule has 0 aliphatic heterocycles. The van der Waals surface area contributed by atoms with E-state index in [0.29, 0.717) is 5.92 Å². The van der Waals surface area contributed by atoms with Crippen molar-refractivity contribution in [1.82, 2.24) is 0 Å². The Balaban J connectivity index is 1.59. The number of nitrogen functional groups attached to an aromatic ring is 1. The van der Waals surface area contributed by atoms with Crippen LogP contribution in [0.4, 0.5) is 10.1 Å². The fourth-order valence-corrected chi connectivity index (χ4v) is 4.97. The summed E-state index contributed by atoms with van der Waals surface area (Å²) in [6.07, 6.45) is 12.2. The summed E-state index contributed by atoms with van der Waals surface area (Å²) in [6.45, 7) is 3.93. The van der Waals surface area contributed by atoms with E-state index < -0.39 is 5.82 Å². The maximum atomic E-state index is 13.9. The quantitative estimate of drug-likeness (QED) is 0.507. The van der Waals surface area contributed by atoms with Gasteiger partial charge in [0.1, 0.15) is 0 Å². The second kappa shape index (κ2) is 7.25. The zero-order chi connectivity index (χ0) is 16.4. The van der Waals surface area contributed by atoms with Gasteiger partial charge in [0.15, 0.2) is 5.82 Å². The van der Waals surface area contributed by atoms with Crippen molar-refractivity contribution >= 4 is 17.3 Å². The van der Waals surface area contributed by atoms with Crippen LogP contribution in [0.5, 0.6) is 0 Å². The highest BCUT2D eigenvalue weighted by atomic mass is 35.5. The molecule has 0 bridgehead atoms. The van der Waals surface area contributed by atoms with Crippen LogP contribution in [0.3, 0.4) is 0 Å². The predicted octanol–water partition coefficient (Wildman–Crippen LogP) is 6.33. The SMILES string of the molecule is C=CC1CCC(C2CCC(c3ccc(N)c(F)c3Cl)CC2)CC1. The molecule has 3 heteroatoms. The van der Waals surface area contributed by atoms with E-state index in [2.05, 4.69) is 12.7 Å². The maximum absolute atomic E-state index is 13.9. The lowest BCUT2D eigenvalue weighted by molar-refractivity contribution is 0.171. The van der Waals surface area contributed by atoms with Gasteiger partial charge in [-0.2, -0.15) is 0 Å². The predicted molar refractivity (Wildman–Crippen MR) is 96.2 cm³/mol. The number of rotatable bonds is 3. The van der Waals surface area contributed by atoms with E-state index in [1.54, 1.807) is 6.07 Å². The zero-order valence-electron chi connectivity index (χ0n) is 13.7. The van der Waals surface area contributed by atoms with Gasteiger partial charge >= 0.3 is 0 Å². The third kappa shape index (κ3) is 3.57. The Kier molecular flexibility index (Phi) is 5.31. The van der Waals surface area contributed by atoms with Crippen molar-refractivity contribution in [1.29, 1.82) is 0 Å². The number of benzene rings is 1. The van der Waals surface area contributed by atoms with Gasteiger partial charge in [0, 0.05) is 0 Å². The van der Waals surface area contributed by atoms with Crippen molar-refractivity contribution in [3.05, 3.63) is 41.2 Å². The lowest BCUT2D eigenvalue weighted by atomic mass is 9.68. The van der Waals surface area contributed by atoms with E-state index in [9.17, 15) is 4.39 Å². The van der Waals surface area contributed by atoms with Crippen molar-refractivity contribution in [3.63, 3.8) is 0 Å². The Hall–Kier alpha value is -1.02. The molecule has 1 nitrogen and oxygen atoms in total. The van der Waals surface area contributed by atoms with E-state index in [0.717, 1.165) is 36.2 Å². The van der Waals surface area contributed by atoms with Gasteiger partial charge < -0.3 is 5.73 Å². The fraction of sp³-hybridized carbons (Fsp3) is 0.600. The second-order valence-corrected chi connectivity index (χ2v) is 7.77. The Morgan fingerprint density at radius 2 is 1.57 bits per heavy atom. The second-order valence-electron chi connectivity index (χ2n) is 7.39. The number of hydrogen-bond acceptors (Lipinski definition) is 1. The molecule has 2 N–H and O–H groups in total. The summed E-state index contributed by atoms with van der Waals surface area (Å²) >= 11 is 6.18. The monoisotopic (exact) mass is 335 g/mol.